The van der Waals surface area contributed by atoms with Gasteiger partial charge in [0.25, 0.3) is 0 Å². The Labute approximate surface area is 213 Å². The van der Waals surface area contributed by atoms with Gasteiger partial charge in [-0.05, 0) is 25.2 Å². The van der Waals surface area contributed by atoms with E-state index >= 15 is 0 Å². The Balaban J connectivity index is 0.00000109. The number of pyridine rings is 1. The monoisotopic (exact) mass is 522 g/mol. The van der Waals surface area contributed by atoms with Crippen LogP contribution in [-0.2, 0) is 13.2 Å². The van der Waals surface area contributed by atoms with Crippen molar-refractivity contribution < 1.29 is 18.0 Å². The molecule has 36 heavy (non-hydrogen) atoms. The van der Waals surface area contributed by atoms with Gasteiger partial charge >= 0.3 is 6.18 Å². The average Bonchev–Trinajstić information content (AvgIpc) is 3.39. The molecule has 0 saturated heterocycles. The lowest BCUT2D eigenvalue weighted by molar-refractivity contribution is -0.137. The standard InChI is InChI=1S/C21H21F3N6OS.2C2H6/c1-5-7-15(31)13-10-26-18-16(20(32-6-2)28-30(18)11(13)3)19-27-14-8-12(21(22,23)24)9-25-17(14)29(19)4;2*1-2/h8-10H,5-7H2,1-4H3;2*1-2H3. The highest BCUT2D eigenvalue weighted by Gasteiger charge is 2.32. The van der Waals surface area contributed by atoms with Crippen LogP contribution in [0.2, 0.25) is 0 Å². The van der Waals surface area contributed by atoms with E-state index < -0.39 is 11.7 Å². The average molecular weight is 523 g/mol. The van der Waals surface area contributed by atoms with E-state index in [2.05, 4.69) is 20.1 Å². The largest absolute Gasteiger partial charge is 0.417 e. The van der Waals surface area contributed by atoms with E-state index in [0.29, 0.717) is 45.4 Å². The molecule has 4 aromatic rings. The number of alkyl halides is 3. The van der Waals surface area contributed by atoms with E-state index in [4.69, 9.17) is 0 Å². The summed E-state index contributed by atoms with van der Waals surface area (Å²) in [6.07, 6.45) is -1.02. The Morgan fingerprint density at radius 2 is 1.69 bits per heavy atom. The van der Waals surface area contributed by atoms with Crippen molar-refractivity contribution in [3.63, 3.8) is 0 Å². The van der Waals surface area contributed by atoms with Crippen LogP contribution < -0.4 is 0 Å². The maximum Gasteiger partial charge on any atom is 0.417 e. The first-order valence-electron chi connectivity index (χ1n) is 12.1. The van der Waals surface area contributed by atoms with Crippen LogP contribution in [0.15, 0.2) is 23.5 Å². The van der Waals surface area contributed by atoms with Crippen molar-refractivity contribution in [1.82, 2.24) is 29.1 Å². The SMILES string of the molecule is CC.CC.CCCC(=O)c1cnc2c(-c3nc4cc(C(F)(F)F)cnc4n3C)c(SCC)nn2c1C. The number of hydrogen-bond donors (Lipinski definition) is 0. The number of hydrogen-bond acceptors (Lipinski definition) is 6. The summed E-state index contributed by atoms with van der Waals surface area (Å²) in [6, 6.07) is 0.990. The highest BCUT2D eigenvalue weighted by molar-refractivity contribution is 7.99. The number of Topliss-reactive ketones (excluding diaryl/α,β-unsaturated/α-hetero) is 1. The molecule has 0 aliphatic carbocycles. The van der Waals surface area contributed by atoms with Gasteiger partial charge in [0.15, 0.2) is 17.1 Å². The zero-order valence-electron chi connectivity index (χ0n) is 22.0. The normalized spacial score (nSPS) is 11.2. The number of carbonyl (C=O) groups is 1. The van der Waals surface area contributed by atoms with E-state index in [1.807, 2.05) is 41.5 Å². The molecule has 0 radical (unpaired) electrons. The Hall–Kier alpha value is -2.95. The summed E-state index contributed by atoms with van der Waals surface area (Å²) >= 11 is 1.47. The third-order valence-corrected chi connectivity index (χ3v) is 6.02. The van der Waals surface area contributed by atoms with Crippen molar-refractivity contribution in [3.8, 4) is 11.4 Å². The van der Waals surface area contributed by atoms with Crippen molar-refractivity contribution in [2.75, 3.05) is 5.75 Å². The first-order valence-corrected chi connectivity index (χ1v) is 13.1. The van der Waals surface area contributed by atoms with Gasteiger partial charge in [0.2, 0.25) is 0 Å². The van der Waals surface area contributed by atoms with Crippen LogP contribution >= 0.6 is 11.8 Å². The number of ketones is 1. The molecule has 0 N–H and O–H groups in total. The number of carbonyl (C=O) groups excluding carboxylic acids is 1. The first-order chi connectivity index (χ1) is 17.2. The van der Waals surface area contributed by atoms with Crippen molar-refractivity contribution in [2.24, 2.45) is 7.05 Å². The molecule has 0 atom stereocenters. The van der Waals surface area contributed by atoms with E-state index in [0.717, 1.165) is 24.4 Å². The number of fused-ring (bicyclic) bond motifs is 2. The van der Waals surface area contributed by atoms with Crippen LogP contribution in [0.25, 0.3) is 28.2 Å². The maximum absolute atomic E-state index is 13.1. The molecule has 196 valence electrons. The van der Waals surface area contributed by atoms with Crippen LogP contribution in [0.3, 0.4) is 0 Å². The van der Waals surface area contributed by atoms with Gasteiger partial charge < -0.3 is 4.57 Å². The van der Waals surface area contributed by atoms with Crippen LogP contribution in [0.1, 0.15) is 76.0 Å². The summed E-state index contributed by atoms with van der Waals surface area (Å²) in [5.74, 6) is 1.13. The van der Waals surface area contributed by atoms with Gasteiger partial charge in [-0.3, -0.25) is 4.79 Å². The third-order valence-electron chi connectivity index (χ3n) is 5.17. The molecule has 0 aromatic carbocycles. The van der Waals surface area contributed by atoms with Crippen LogP contribution in [-0.4, -0.2) is 40.7 Å². The smallest absolute Gasteiger partial charge is 0.312 e. The third kappa shape index (κ3) is 5.55. The minimum Gasteiger partial charge on any atom is -0.312 e. The van der Waals surface area contributed by atoms with Crippen molar-refractivity contribution in [2.45, 2.75) is 72.5 Å². The summed E-state index contributed by atoms with van der Waals surface area (Å²) in [5.41, 5.74) is 1.86. The van der Waals surface area contributed by atoms with Gasteiger partial charge in [-0.25, -0.2) is 19.5 Å². The number of halogens is 3. The molecule has 0 aliphatic heterocycles. The zero-order valence-corrected chi connectivity index (χ0v) is 22.8. The Bertz CT molecular complexity index is 1340. The van der Waals surface area contributed by atoms with Crippen molar-refractivity contribution in [3.05, 3.63) is 35.3 Å². The summed E-state index contributed by atoms with van der Waals surface area (Å²) < 4.78 is 42.7. The lowest BCUT2D eigenvalue weighted by Crippen LogP contribution is -2.08. The fraction of sp³-hybridized carbons (Fsp3) is 0.480. The van der Waals surface area contributed by atoms with E-state index in [9.17, 15) is 18.0 Å². The lowest BCUT2D eigenvalue weighted by atomic mass is 10.1. The molecule has 0 fully saturated rings. The number of imidazole rings is 1. The molecular weight excluding hydrogens is 489 g/mol. The molecule has 11 heteroatoms. The summed E-state index contributed by atoms with van der Waals surface area (Å²) in [4.78, 5) is 25.4. The number of nitrogens with zero attached hydrogens (tertiary/aromatic N) is 6. The number of thioether (sulfide) groups is 1. The number of aryl methyl sites for hydroxylation is 2. The minimum atomic E-state index is -4.51. The minimum absolute atomic E-state index is 0.00671. The Kier molecular flexibility index (Phi) is 10.0. The van der Waals surface area contributed by atoms with Crippen LogP contribution in [0.4, 0.5) is 13.2 Å². The van der Waals surface area contributed by atoms with E-state index in [1.54, 1.807) is 23.1 Å². The summed E-state index contributed by atoms with van der Waals surface area (Å²) in [6.45, 7) is 13.7. The molecule has 0 unspecified atom stereocenters. The predicted molar refractivity (Wildman–Crippen MR) is 139 cm³/mol. The molecule has 0 bridgehead atoms. The van der Waals surface area contributed by atoms with E-state index in [1.165, 1.54) is 18.0 Å². The molecule has 7 nitrogen and oxygen atoms in total. The molecule has 4 rings (SSSR count). The van der Waals surface area contributed by atoms with Gasteiger partial charge in [0.1, 0.15) is 16.4 Å². The van der Waals surface area contributed by atoms with Gasteiger partial charge in [0, 0.05) is 25.9 Å². The molecule has 4 heterocycles. The summed E-state index contributed by atoms with van der Waals surface area (Å²) in [7, 11) is 1.70. The Morgan fingerprint density at radius 1 is 1.06 bits per heavy atom. The predicted octanol–water partition coefficient (Wildman–Crippen LogP) is 7.15. The Morgan fingerprint density at radius 3 is 2.28 bits per heavy atom. The van der Waals surface area contributed by atoms with Gasteiger partial charge in [-0.2, -0.15) is 18.3 Å². The molecule has 4 aromatic heterocycles. The second-order valence-corrected chi connectivity index (χ2v) is 8.59. The quantitative estimate of drug-likeness (QED) is 0.198. The molecular formula is C25H33F3N6OS. The fourth-order valence-corrected chi connectivity index (χ4v) is 4.34. The summed E-state index contributed by atoms with van der Waals surface area (Å²) in [5, 5.41) is 5.30. The van der Waals surface area contributed by atoms with Crippen LogP contribution in [0.5, 0.6) is 0 Å². The zero-order chi connectivity index (χ0) is 27.2. The topological polar surface area (TPSA) is 78.0 Å². The molecule has 0 aliphatic rings. The van der Waals surface area contributed by atoms with Gasteiger partial charge in [0.05, 0.1) is 22.4 Å². The van der Waals surface area contributed by atoms with Gasteiger partial charge in [-0.1, -0.05) is 41.5 Å². The highest BCUT2D eigenvalue weighted by Crippen LogP contribution is 2.36. The number of rotatable bonds is 6. The number of aromatic nitrogens is 6. The molecule has 0 amide bonds. The molecule has 0 saturated carbocycles. The lowest BCUT2D eigenvalue weighted by Gasteiger charge is -2.06. The fourth-order valence-electron chi connectivity index (χ4n) is 3.60. The second kappa shape index (κ2) is 12.3. The first kappa shape index (κ1) is 29.3. The maximum atomic E-state index is 13.1. The van der Waals surface area contributed by atoms with Crippen molar-refractivity contribution >= 4 is 34.4 Å². The van der Waals surface area contributed by atoms with E-state index in [-0.39, 0.29) is 11.3 Å². The molecule has 0 spiro atoms. The second-order valence-electron chi connectivity index (χ2n) is 7.34. The van der Waals surface area contributed by atoms with Crippen molar-refractivity contribution in [1.29, 1.82) is 0 Å². The van der Waals surface area contributed by atoms with Crippen LogP contribution in [0, 0.1) is 6.92 Å². The van der Waals surface area contributed by atoms with Gasteiger partial charge in [-0.15, -0.1) is 11.8 Å². The highest BCUT2D eigenvalue weighted by atomic mass is 32.2.